The van der Waals surface area contributed by atoms with Gasteiger partial charge in [0, 0.05) is 4.88 Å². The van der Waals surface area contributed by atoms with Crippen molar-refractivity contribution in [2.24, 2.45) is 0 Å². The molecule has 0 aliphatic heterocycles. The fourth-order valence-electron chi connectivity index (χ4n) is 1.84. The van der Waals surface area contributed by atoms with Crippen LogP contribution in [-0.4, -0.2) is 0 Å². The zero-order valence-corrected chi connectivity index (χ0v) is 15.7. The van der Waals surface area contributed by atoms with E-state index in [1.165, 1.54) is 19.8 Å². The number of hydrogen-bond donors (Lipinski definition) is 0. The highest BCUT2D eigenvalue weighted by Gasteiger charge is 2.12. The Morgan fingerprint density at radius 1 is 0.810 bits per heavy atom. The predicted octanol–water partition coefficient (Wildman–Crippen LogP) is 7.22. The van der Waals surface area contributed by atoms with Crippen LogP contribution in [0.5, 0.6) is 0 Å². The van der Waals surface area contributed by atoms with E-state index in [0.29, 0.717) is 0 Å². The van der Waals surface area contributed by atoms with E-state index in [4.69, 9.17) is 0 Å². The number of thiophene rings is 2. The Hall–Kier alpha value is -0.900. The lowest BCUT2D eigenvalue weighted by atomic mass is 9.86. The van der Waals surface area contributed by atoms with Crippen LogP contribution < -0.4 is 0 Å². The molecule has 21 heavy (non-hydrogen) atoms. The average Bonchev–Trinajstić information content (AvgIpc) is 3.11. The molecule has 2 aromatic heterocycles. The van der Waals surface area contributed by atoms with Crippen LogP contribution in [0.4, 0.5) is 0 Å². The van der Waals surface area contributed by atoms with Crippen molar-refractivity contribution >= 4 is 38.6 Å². The molecule has 3 rings (SSSR count). The van der Waals surface area contributed by atoms with Crippen molar-refractivity contribution in [2.45, 2.75) is 26.2 Å². The highest BCUT2D eigenvalue weighted by molar-refractivity contribution is 9.11. The van der Waals surface area contributed by atoms with Crippen LogP contribution in [-0.2, 0) is 5.41 Å². The monoisotopic (exact) mass is 378 g/mol. The smallest absolute Gasteiger partial charge is 0.0698 e. The molecule has 110 valence electrons. The Morgan fingerprint density at radius 3 is 1.81 bits per heavy atom. The van der Waals surface area contributed by atoms with E-state index in [1.807, 2.05) is 17.5 Å². The molecule has 0 spiro atoms. The Morgan fingerprint density at radius 2 is 1.43 bits per heavy atom. The van der Waals surface area contributed by atoms with Gasteiger partial charge in [-0.25, -0.2) is 0 Å². The Kier molecular flexibility index (Phi) is 5.80. The normalized spacial score (nSPS) is 10.9. The van der Waals surface area contributed by atoms with Crippen molar-refractivity contribution in [3.05, 3.63) is 68.6 Å². The third kappa shape index (κ3) is 5.10. The number of halogens is 1. The molecule has 0 N–H and O–H groups in total. The molecule has 0 fully saturated rings. The first-order valence-electron chi connectivity index (χ1n) is 6.80. The van der Waals surface area contributed by atoms with Crippen LogP contribution in [0.15, 0.2) is 63.1 Å². The van der Waals surface area contributed by atoms with Gasteiger partial charge in [-0.15, -0.1) is 22.7 Å². The summed E-state index contributed by atoms with van der Waals surface area (Å²) in [5.74, 6) is 0. The molecule has 0 radical (unpaired) electrons. The summed E-state index contributed by atoms with van der Waals surface area (Å²) in [6.07, 6.45) is 0. The maximum atomic E-state index is 3.30. The highest BCUT2D eigenvalue weighted by atomic mass is 79.9. The zero-order valence-electron chi connectivity index (χ0n) is 12.5. The van der Waals surface area contributed by atoms with Gasteiger partial charge in [0.15, 0.2) is 0 Å². The second-order valence-corrected chi connectivity index (χ2v) is 9.00. The van der Waals surface area contributed by atoms with Crippen LogP contribution >= 0.6 is 38.6 Å². The largest absolute Gasteiger partial charge is 0.144 e. The zero-order chi connectivity index (χ0) is 15.3. The minimum Gasteiger partial charge on any atom is -0.144 e. The van der Waals surface area contributed by atoms with Gasteiger partial charge in [-0.05, 0) is 55.4 Å². The molecule has 0 nitrogen and oxygen atoms in total. The van der Waals surface area contributed by atoms with Crippen LogP contribution in [0, 0.1) is 0 Å². The van der Waals surface area contributed by atoms with E-state index in [-0.39, 0.29) is 5.41 Å². The SMILES string of the molecule is Brc1cccs1.CC(C)(C)c1ccc(-c2cccs2)cc1. The van der Waals surface area contributed by atoms with Gasteiger partial charge in [-0.2, -0.15) is 0 Å². The van der Waals surface area contributed by atoms with Gasteiger partial charge in [-0.3, -0.25) is 0 Å². The van der Waals surface area contributed by atoms with Gasteiger partial charge in [0.2, 0.25) is 0 Å². The van der Waals surface area contributed by atoms with Gasteiger partial charge in [0.1, 0.15) is 0 Å². The summed E-state index contributed by atoms with van der Waals surface area (Å²) in [6.45, 7) is 6.73. The minimum atomic E-state index is 0.244. The molecule has 0 unspecified atom stereocenters. The Balaban J connectivity index is 0.000000225. The lowest BCUT2D eigenvalue weighted by Crippen LogP contribution is -2.10. The van der Waals surface area contributed by atoms with Gasteiger partial charge in [0.05, 0.1) is 3.79 Å². The summed E-state index contributed by atoms with van der Waals surface area (Å²) in [5, 5.41) is 4.15. The summed E-state index contributed by atoms with van der Waals surface area (Å²) in [6, 6.07) is 17.2. The van der Waals surface area contributed by atoms with Crippen LogP contribution in [0.2, 0.25) is 0 Å². The first-order valence-corrected chi connectivity index (χ1v) is 9.35. The van der Waals surface area contributed by atoms with Gasteiger partial charge < -0.3 is 0 Å². The molecule has 3 heteroatoms. The summed E-state index contributed by atoms with van der Waals surface area (Å²) in [5.41, 5.74) is 2.95. The second kappa shape index (κ2) is 7.39. The molecular formula is C18H19BrS2. The van der Waals surface area contributed by atoms with Crippen LogP contribution in [0.25, 0.3) is 10.4 Å². The molecule has 0 aliphatic rings. The first kappa shape index (κ1) is 16.5. The molecule has 0 saturated heterocycles. The maximum absolute atomic E-state index is 3.30. The quantitative estimate of drug-likeness (QED) is 0.419. The van der Waals surface area contributed by atoms with E-state index >= 15 is 0 Å². The van der Waals surface area contributed by atoms with E-state index in [0.717, 1.165) is 0 Å². The molecule has 0 atom stereocenters. The minimum absolute atomic E-state index is 0.244. The van der Waals surface area contributed by atoms with Gasteiger partial charge >= 0.3 is 0 Å². The van der Waals surface area contributed by atoms with Crippen molar-refractivity contribution in [1.29, 1.82) is 0 Å². The number of rotatable bonds is 1. The number of benzene rings is 1. The Bertz CT molecular complexity index is 630. The fraction of sp³-hybridized carbons (Fsp3) is 0.222. The van der Waals surface area contributed by atoms with Crippen LogP contribution in [0.3, 0.4) is 0 Å². The van der Waals surface area contributed by atoms with E-state index in [2.05, 4.69) is 78.5 Å². The summed E-state index contributed by atoms with van der Waals surface area (Å²) < 4.78 is 1.20. The maximum Gasteiger partial charge on any atom is 0.0698 e. The molecule has 0 bridgehead atoms. The standard InChI is InChI=1S/C14H16S.C4H3BrS/c1-14(2,3)12-8-6-11(7-9-12)13-5-4-10-15-13;5-4-2-1-3-6-4/h4-10H,1-3H3;1-3H. The van der Waals surface area contributed by atoms with Crippen LogP contribution in [0.1, 0.15) is 26.3 Å². The molecule has 2 heterocycles. The van der Waals surface area contributed by atoms with E-state index < -0.39 is 0 Å². The third-order valence-electron chi connectivity index (χ3n) is 3.04. The third-order valence-corrected chi connectivity index (χ3v) is 5.44. The Labute approximate surface area is 143 Å². The molecular weight excluding hydrogens is 360 g/mol. The predicted molar refractivity (Wildman–Crippen MR) is 100 cm³/mol. The van der Waals surface area contributed by atoms with Crippen molar-refractivity contribution in [3.8, 4) is 10.4 Å². The van der Waals surface area contributed by atoms with E-state index in [1.54, 1.807) is 22.7 Å². The summed E-state index contributed by atoms with van der Waals surface area (Å²) >= 11 is 6.78. The second-order valence-electron chi connectivity index (χ2n) is 5.72. The number of hydrogen-bond acceptors (Lipinski definition) is 2. The summed E-state index contributed by atoms with van der Waals surface area (Å²) in [7, 11) is 0. The van der Waals surface area contributed by atoms with Crippen molar-refractivity contribution in [3.63, 3.8) is 0 Å². The summed E-state index contributed by atoms with van der Waals surface area (Å²) in [4.78, 5) is 1.34. The molecule has 0 aliphatic carbocycles. The first-order chi connectivity index (χ1) is 9.97. The molecule has 1 aromatic carbocycles. The van der Waals surface area contributed by atoms with E-state index in [9.17, 15) is 0 Å². The van der Waals surface area contributed by atoms with Crippen molar-refractivity contribution < 1.29 is 0 Å². The molecule has 0 saturated carbocycles. The molecule has 0 amide bonds. The molecule has 3 aromatic rings. The average molecular weight is 379 g/mol. The van der Waals surface area contributed by atoms with Gasteiger partial charge in [0.25, 0.3) is 0 Å². The highest BCUT2D eigenvalue weighted by Crippen LogP contribution is 2.28. The topological polar surface area (TPSA) is 0 Å². The lowest BCUT2D eigenvalue weighted by Gasteiger charge is -2.18. The van der Waals surface area contributed by atoms with Crippen molar-refractivity contribution in [1.82, 2.24) is 0 Å². The lowest BCUT2D eigenvalue weighted by molar-refractivity contribution is 0.590. The fourth-order valence-corrected chi connectivity index (χ4v) is 3.49. The van der Waals surface area contributed by atoms with Crippen molar-refractivity contribution in [2.75, 3.05) is 0 Å². The van der Waals surface area contributed by atoms with Gasteiger partial charge in [-0.1, -0.05) is 57.2 Å².